The van der Waals surface area contributed by atoms with Crippen LogP contribution in [0.25, 0.3) is 0 Å². The second-order valence-electron chi connectivity index (χ2n) is 8.24. The minimum atomic E-state index is -3.77. The Morgan fingerprint density at radius 1 is 0.512 bits per heavy atom. The van der Waals surface area contributed by atoms with Gasteiger partial charge in [-0.05, 0) is 19.1 Å². The van der Waals surface area contributed by atoms with Crippen LogP contribution >= 0.6 is 0 Å². The summed E-state index contributed by atoms with van der Waals surface area (Å²) in [5.74, 6) is 2.39. The highest BCUT2D eigenvalue weighted by atomic mass is 32.2. The molecule has 0 unspecified atom stereocenters. The minimum absolute atomic E-state index is 0.0582. The maximum atomic E-state index is 12.0. The lowest BCUT2D eigenvalue weighted by atomic mass is 10.2. The molecular weight excluding hydrogens is 560 g/mol. The van der Waals surface area contributed by atoms with E-state index in [1.165, 1.54) is 12.1 Å². The van der Waals surface area contributed by atoms with Crippen molar-refractivity contribution >= 4 is 10.1 Å². The average Bonchev–Trinajstić information content (AvgIpc) is 2.96. The van der Waals surface area contributed by atoms with Crippen molar-refractivity contribution in [1.29, 1.82) is 0 Å². The number of ether oxygens (including phenoxy) is 9. The molecule has 0 radical (unpaired) electrons. The summed E-state index contributed by atoms with van der Waals surface area (Å²) in [7, 11) is -3.77. The topological polar surface area (TPSA) is 126 Å². The Morgan fingerprint density at radius 2 is 0.805 bits per heavy atom. The van der Waals surface area contributed by atoms with Crippen LogP contribution in [0, 0.1) is 19.3 Å². The summed E-state index contributed by atoms with van der Waals surface area (Å²) < 4.78 is 77.3. The average molecular weight is 607 g/mol. The third-order valence-corrected chi connectivity index (χ3v) is 6.26. The number of hydrogen-bond acceptors (Lipinski definition) is 12. The van der Waals surface area contributed by atoms with E-state index in [9.17, 15) is 8.42 Å². The standard InChI is InChI=1S/C28H46O12S/c1-3-8-31-9-10-32-11-12-33-13-14-34-15-16-35-17-18-36-19-20-37-21-22-38-23-24-39-25-26-40-41(29,30)28-6-4-27(2)5-7-28/h1,4-7H,8-26H2,2H3. The molecule has 1 aromatic rings. The first-order valence-corrected chi connectivity index (χ1v) is 15.1. The fourth-order valence-electron chi connectivity index (χ4n) is 2.87. The molecule has 0 heterocycles. The van der Waals surface area contributed by atoms with Crippen LogP contribution in [0.4, 0.5) is 0 Å². The minimum Gasteiger partial charge on any atom is -0.377 e. The summed E-state index contributed by atoms with van der Waals surface area (Å²) in [4.78, 5) is 0.128. The zero-order chi connectivity index (χ0) is 29.7. The van der Waals surface area contributed by atoms with Gasteiger partial charge in [0.2, 0.25) is 0 Å². The van der Waals surface area contributed by atoms with Gasteiger partial charge in [-0.25, -0.2) is 0 Å². The molecule has 236 valence electrons. The zero-order valence-corrected chi connectivity index (χ0v) is 24.9. The molecule has 1 rings (SSSR count). The Kier molecular flexibility index (Phi) is 24.8. The highest BCUT2D eigenvalue weighted by molar-refractivity contribution is 7.86. The van der Waals surface area contributed by atoms with E-state index in [0.29, 0.717) is 112 Å². The second kappa shape index (κ2) is 27.2. The third-order valence-electron chi connectivity index (χ3n) is 4.94. The zero-order valence-electron chi connectivity index (χ0n) is 24.1. The molecule has 0 bridgehead atoms. The quantitative estimate of drug-likeness (QED) is 0.0715. The molecule has 0 aliphatic carbocycles. The van der Waals surface area contributed by atoms with Gasteiger partial charge in [-0.2, -0.15) is 8.42 Å². The van der Waals surface area contributed by atoms with Crippen LogP contribution in [-0.4, -0.2) is 134 Å². The molecule has 12 nitrogen and oxygen atoms in total. The molecule has 0 amide bonds. The van der Waals surface area contributed by atoms with Gasteiger partial charge in [0, 0.05) is 0 Å². The summed E-state index contributed by atoms with van der Waals surface area (Å²) in [6.07, 6.45) is 5.07. The van der Waals surface area contributed by atoms with Crippen LogP contribution in [0.5, 0.6) is 0 Å². The number of rotatable bonds is 30. The number of aryl methyl sites for hydroxylation is 1. The Hall–Kier alpha value is -1.67. The predicted molar refractivity (Wildman–Crippen MR) is 151 cm³/mol. The van der Waals surface area contributed by atoms with Gasteiger partial charge in [-0.15, -0.1) is 6.42 Å². The van der Waals surface area contributed by atoms with Gasteiger partial charge in [0.25, 0.3) is 10.1 Å². The van der Waals surface area contributed by atoms with Crippen LogP contribution in [0.3, 0.4) is 0 Å². The molecule has 0 aliphatic rings. The fraction of sp³-hybridized carbons (Fsp3) is 0.714. The van der Waals surface area contributed by atoms with Crippen LogP contribution in [-0.2, 0) is 56.9 Å². The van der Waals surface area contributed by atoms with Crippen molar-refractivity contribution in [1.82, 2.24) is 0 Å². The summed E-state index contributed by atoms with van der Waals surface area (Å²) in [6.45, 7) is 9.67. The van der Waals surface area contributed by atoms with E-state index < -0.39 is 10.1 Å². The van der Waals surface area contributed by atoms with Crippen LogP contribution in [0.2, 0.25) is 0 Å². The maximum Gasteiger partial charge on any atom is 0.297 e. The van der Waals surface area contributed by atoms with E-state index in [0.717, 1.165) is 5.56 Å². The van der Waals surface area contributed by atoms with Gasteiger partial charge in [-0.3, -0.25) is 4.18 Å². The van der Waals surface area contributed by atoms with Crippen molar-refractivity contribution in [2.75, 3.05) is 126 Å². The van der Waals surface area contributed by atoms with Crippen molar-refractivity contribution in [2.45, 2.75) is 11.8 Å². The molecule has 0 atom stereocenters. The van der Waals surface area contributed by atoms with Gasteiger partial charge in [-0.1, -0.05) is 23.6 Å². The van der Waals surface area contributed by atoms with Crippen molar-refractivity contribution in [3.63, 3.8) is 0 Å². The number of benzene rings is 1. The Bertz CT molecular complexity index is 858. The summed E-state index contributed by atoms with van der Waals surface area (Å²) in [5, 5.41) is 0. The summed E-state index contributed by atoms with van der Waals surface area (Å²) in [6, 6.07) is 6.48. The van der Waals surface area contributed by atoms with E-state index in [1.54, 1.807) is 12.1 Å². The highest BCUT2D eigenvalue weighted by Gasteiger charge is 2.14. The molecule has 1 aromatic carbocycles. The molecule has 0 fully saturated rings. The Balaban J connectivity index is 1.71. The largest absolute Gasteiger partial charge is 0.377 e. The van der Waals surface area contributed by atoms with Crippen LogP contribution < -0.4 is 0 Å². The van der Waals surface area contributed by atoms with Gasteiger partial charge in [0.1, 0.15) is 6.61 Å². The lowest BCUT2D eigenvalue weighted by Gasteiger charge is -2.09. The highest BCUT2D eigenvalue weighted by Crippen LogP contribution is 2.12. The maximum absolute atomic E-state index is 12.0. The Labute approximate surface area is 244 Å². The predicted octanol–water partition coefficient (Wildman–Crippen LogP) is 1.48. The van der Waals surface area contributed by atoms with E-state index in [4.69, 9.17) is 53.2 Å². The SMILES string of the molecule is C#CCOCCOCCOCCOCCOCCOCCOCCOCCOCCOS(=O)(=O)c1ccc(C)cc1. The smallest absolute Gasteiger partial charge is 0.297 e. The van der Waals surface area contributed by atoms with Crippen molar-refractivity contribution in [3.05, 3.63) is 29.8 Å². The molecule has 0 saturated heterocycles. The lowest BCUT2D eigenvalue weighted by Crippen LogP contribution is -2.15. The fourth-order valence-corrected chi connectivity index (χ4v) is 3.76. The molecule has 0 N–H and O–H groups in total. The lowest BCUT2D eigenvalue weighted by molar-refractivity contribution is -0.0249. The monoisotopic (exact) mass is 606 g/mol. The van der Waals surface area contributed by atoms with Crippen molar-refractivity contribution in [3.8, 4) is 12.3 Å². The van der Waals surface area contributed by atoms with Crippen molar-refractivity contribution in [2.24, 2.45) is 0 Å². The molecule has 0 spiro atoms. The first-order chi connectivity index (χ1) is 20.1. The molecule has 0 aromatic heterocycles. The number of hydrogen-bond donors (Lipinski definition) is 0. The molecule has 41 heavy (non-hydrogen) atoms. The van der Waals surface area contributed by atoms with Gasteiger partial charge in [0.15, 0.2) is 0 Å². The molecule has 0 saturated carbocycles. The van der Waals surface area contributed by atoms with E-state index in [2.05, 4.69) is 5.92 Å². The van der Waals surface area contributed by atoms with E-state index in [-0.39, 0.29) is 18.1 Å². The first-order valence-electron chi connectivity index (χ1n) is 13.7. The first kappa shape index (κ1) is 37.4. The molecular formula is C28H46O12S. The van der Waals surface area contributed by atoms with Gasteiger partial charge >= 0.3 is 0 Å². The van der Waals surface area contributed by atoms with Gasteiger partial charge < -0.3 is 42.6 Å². The molecule has 13 heteroatoms. The number of terminal acetylenes is 1. The van der Waals surface area contributed by atoms with E-state index in [1.807, 2.05) is 6.92 Å². The third kappa shape index (κ3) is 23.6. The van der Waals surface area contributed by atoms with E-state index >= 15 is 0 Å². The van der Waals surface area contributed by atoms with Gasteiger partial charge in [0.05, 0.1) is 124 Å². The Morgan fingerprint density at radius 3 is 1.12 bits per heavy atom. The normalized spacial score (nSPS) is 11.6. The summed E-state index contributed by atoms with van der Waals surface area (Å²) >= 11 is 0. The van der Waals surface area contributed by atoms with Crippen LogP contribution in [0.1, 0.15) is 5.56 Å². The summed E-state index contributed by atoms with van der Waals surface area (Å²) in [5.41, 5.74) is 0.975. The van der Waals surface area contributed by atoms with Crippen molar-refractivity contribution < 1.29 is 55.2 Å². The van der Waals surface area contributed by atoms with Crippen LogP contribution in [0.15, 0.2) is 29.2 Å². The molecule has 0 aliphatic heterocycles. The second-order valence-corrected chi connectivity index (χ2v) is 9.86.